The number of fused-ring (bicyclic) bond motifs is 1. The first-order chi connectivity index (χ1) is 8.66. The summed E-state index contributed by atoms with van der Waals surface area (Å²) in [5, 5.41) is 5.02. The molecule has 0 spiro atoms. The van der Waals surface area contributed by atoms with E-state index in [9.17, 15) is 0 Å². The van der Waals surface area contributed by atoms with Crippen LogP contribution < -0.4 is 5.32 Å². The molecule has 1 saturated carbocycles. The molecule has 1 fully saturated rings. The van der Waals surface area contributed by atoms with Crippen LogP contribution >= 0.6 is 0 Å². The molecule has 0 radical (unpaired) electrons. The second kappa shape index (κ2) is 4.43. The number of benzene rings is 1. The van der Waals surface area contributed by atoms with Gasteiger partial charge in [0.2, 0.25) is 0 Å². The Hall–Kier alpha value is -1.28. The maximum Gasteiger partial charge on any atom is 0.0512 e. The molecule has 0 saturated heterocycles. The van der Waals surface area contributed by atoms with Gasteiger partial charge in [0.15, 0.2) is 0 Å². The van der Waals surface area contributed by atoms with Crippen LogP contribution in [0.1, 0.15) is 29.5 Å². The van der Waals surface area contributed by atoms with E-state index in [2.05, 4.69) is 49.1 Å². The Morgan fingerprint density at radius 3 is 2.78 bits per heavy atom. The third kappa shape index (κ3) is 2.05. The third-order valence-corrected chi connectivity index (χ3v) is 4.15. The lowest BCUT2D eigenvalue weighted by atomic mass is 10.0. The molecular formula is C16H22N2. The van der Waals surface area contributed by atoms with Gasteiger partial charge in [-0.3, -0.25) is 0 Å². The van der Waals surface area contributed by atoms with Gasteiger partial charge in [-0.1, -0.05) is 12.1 Å². The van der Waals surface area contributed by atoms with Gasteiger partial charge in [0.1, 0.15) is 0 Å². The second-order valence-corrected chi connectivity index (χ2v) is 5.65. The summed E-state index contributed by atoms with van der Waals surface area (Å²) >= 11 is 0. The molecule has 18 heavy (non-hydrogen) atoms. The summed E-state index contributed by atoms with van der Waals surface area (Å²) in [6.45, 7) is 5.52. The maximum atomic E-state index is 3.60. The van der Waals surface area contributed by atoms with Gasteiger partial charge in [0, 0.05) is 24.7 Å². The van der Waals surface area contributed by atoms with E-state index in [4.69, 9.17) is 0 Å². The molecule has 1 aliphatic rings. The Morgan fingerprint density at radius 1 is 1.28 bits per heavy atom. The second-order valence-electron chi connectivity index (χ2n) is 5.65. The summed E-state index contributed by atoms with van der Waals surface area (Å²) < 4.78 is 2.28. The predicted octanol–water partition coefficient (Wildman–Crippen LogP) is 3.09. The van der Waals surface area contributed by atoms with Crippen molar-refractivity contribution >= 4 is 10.9 Å². The molecule has 0 bridgehead atoms. The van der Waals surface area contributed by atoms with E-state index in [1.165, 1.54) is 40.4 Å². The number of rotatable bonds is 4. The summed E-state index contributed by atoms with van der Waals surface area (Å²) in [5.41, 5.74) is 5.67. The molecule has 0 unspecified atom stereocenters. The largest absolute Gasteiger partial charge is 0.350 e. The number of hydrogen-bond acceptors (Lipinski definition) is 1. The molecule has 1 heterocycles. The fourth-order valence-electron chi connectivity index (χ4n) is 2.78. The highest BCUT2D eigenvalue weighted by Gasteiger charge is 2.20. The van der Waals surface area contributed by atoms with Gasteiger partial charge < -0.3 is 9.88 Å². The molecule has 3 rings (SSSR count). The van der Waals surface area contributed by atoms with E-state index in [0.717, 1.165) is 19.0 Å². The summed E-state index contributed by atoms with van der Waals surface area (Å²) in [7, 11) is 2.16. The van der Waals surface area contributed by atoms with Crippen LogP contribution in [0.4, 0.5) is 0 Å². The Bertz CT molecular complexity index is 576. The average Bonchev–Trinajstić information content (AvgIpc) is 3.09. The first-order valence-corrected chi connectivity index (χ1v) is 6.94. The van der Waals surface area contributed by atoms with Crippen LogP contribution in [0.25, 0.3) is 10.9 Å². The van der Waals surface area contributed by atoms with Crippen molar-refractivity contribution in [1.82, 2.24) is 9.88 Å². The van der Waals surface area contributed by atoms with E-state index >= 15 is 0 Å². The lowest BCUT2D eigenvalue weighted by Gasteiger charge is -2.05. The van der Waals surface area contributed by atoms with E-state index in [1.54, 1.807) is 0 Å². The molecule has 0 atom stereocenters. The van der Waals surface area contributed by atoms with Crippen LogP contribution in [0.15, 0.2) is 18.3 Å². The van der Waals surface area contributed by atoms with Gasteiger partial charge >= 0.3 is 0 Å². The number of hydrogen-bond donors (Lipinski definition) is 1. The molecule has 1 aromatic heterocycles. The van der Waals surface area contributed by atoms with E-state index in [-0.39, 0.29) is 0 Å². The molecule has 0 aliphatic heterocycles. The van der Waals surface area contributed by atoms with Crippen molar-refractivity contribution in [2.45, 2.75) is 39.2 Å². The molecule has 2 nitrogen and oxygen atoms in total. The Morgan fingerprint density at radius 2 is 2.06 bits per heavy atom. The van der Waals surface area contributed by atoms with E-state index < -0.39 is 0 Å². The quantitative estimate of drug-likeness (QED) is 0.872. The average molecular weight is 242 g/mol. The molecule has 2 aromatic rings. The minimum Gasteiger partial charge on any atom is -0.350 e. The van der Waals surface area contributed by atoms with Crippen LogP contribution in [0, 0.1) is 13.8 Å². The molecule has 0 amide bonds. The summed E-state index contributed by atoms with van der Waals surface area (Å²) in [5.74, 6) is 0. The van der Waals surface area contributed by atoms with Crippen molar-refractivity contribution < 1.29 is 0 Å². The monoisotopic (exact) mass is 242 g/mol. The normalized spacial score (nSPS) is 15.5. The SMILES string of the molecule is Cc1ccc2c(CCNC3CC3)cn(C)c2c1C. The van der Waals surface area contributed by atoms with Crippen molar-refractivity contribution in [2.24, 2.45) is 7.05 Å². The van der Waals surface area contributed by atoms with E-state index in [1.807, 2.05) is 0 Å². The van der Waals surface area contributed by atoms with Crippen molar-refractivity contribution in [2.75, 3.05) is 6.54 Å². The highest BCUT2D eigenvalue weighted by atomic mass is 14.9. The Kier molecular flexibility index (Phi) is 2.90. The summed E-state index contributed by atoms with van der Waals surface area (Å²) in [6, 6.07) is 5.34. The maximum absolute atomic E-state index is 3.60. The van der Waals surface area contributed by atoms with Gasteiger partial charge in [-0.25, -0.2) is 0 Å². The lowest BCUT2D eigenvalue weighted by Crippen LogP contribution is -2.19. The zero-order chi connectivity index (χ0) is 12.7. The van der Waals surface area contributed by atoms with Gasteiger partial charge in [-0.15, -0.1) is 0 Å². The van der Waals surface area contributed by atoms with Gasteiger partial charge in [0.05, 0.1) is 5.52 Å². The Labute approximate surface area is 109 Å². The van der Waals surface area contributed by atoms with Crippen LogP contribution in [-0.4, -0.2) is 17.2 Å². The molecule has 1 N–H and O–H groups in total. The number of aryl methyl sites for hydroxylation is 3. The minimum atomic E-state index is 0.809. The van der Waals surface area contributed by atoms with Crippen LogP contribution in [-0.2, 0) is 13.5 Å². The molecule has 1 aliphatic carbocycles. The van der Waals surface area contributed by atoms with E-state index in [0.29, 0.717) is 0 Å². The van der Waals surface area contributed by atoms with Gasteiger partial charge in [-0.2, -0.15) is 0 Å². The first-order valence-electron chi connectivity index (χ1n) is 6.94. The molecular weight excluding hydrogens is 220 g/mol. The number of aromatic nitrogens is 1. The summed E-state index contributed by atoms with van der Waals surface area (Å²) in [6.07, 6.45) is 6.17. The van der Waals surface area contributed by atoms with Crippen molar-refractivity contribution in [3.8, 4) is 0 Å². The standard InChI is InChI=1S/C16H22N2/c1-11-4-7-15-13(8-9-17-14-5-6-14)10-18(3)16(15)12(11)2/h4,7,10,14,17H,5-6,8-9H2,1-3H3. The highest BCUT2D eigenvalue weighted by molar-refractivity contribution is 5.87. The smallest absolute Gasteiger partial charge is 0.0512 e. The predicted molar refractivity (Wildman–Crippen MR) is 77.1 cm³/mol. The first kappa shape index (κ1) is 11.8. The van der Waals surface area contributed by atoms with Gasteiger partial charge in [0.25, 0.3) is 0 Å². The number of nitrogens with one attached hydrogen (secondary N) is 1. The van der Waals surface area contributed by atoms with Crippen molar-refractivity contribution in [3.63, 3.8) is 0 Å². The Balaban J connectivity index is 1.89. The fourth-order valence-corrected chi connectivity index (χ4v) is 2.78. The van der Waals surface area contributed by atoms with Crippen LogP contribution in [0.3, 0.4) is 0 Å². The minimum absolute atomic E-state index is 0.809. The fraction of sp³-hybridized carbons (Fsp3) is 0.500. The molecule has 2 heteroatoms. The zero-order valence-electron chi connectivity index (χ0n) is 11.6. The topological polar surface area (TPSA) is 17.0 Å². The zero-order valence-corrected chi connectivity index (χ0v) is 11.6. The summed E-state index contributed by atoms with van der Waals surface area (Å²) in [4.78, 5) is 0. The lowest BCUT2D eigenvalue weighted by molar-refractivity contribution is 0.682. The molecule has 96 valence electrons. The van der Waals surface area contributed by atoms with Crippen LogP contribution in [0.2, 0.25) is 0 Å². The van der Waals surface area contributed by atoms with Crippen molar-refractivity contribution in [3.05, 3.63) is 35.0 Å². The highest BCUT2D eigenvalue weighted by Crippen LogP contribution is 2.26. The van der Waals surface area contributed by atoms with Gasteiger partial charge in [-0.05, 0) is 56.3 Å². The molecule has 1 aromatic carbocycles. The van der Waals surface area contributed by atoms with Crippen LogP contribution in [0.5, 0.6) is 0 Å². The third-order valence-electron chi connectivity index (χ3n) is 4.15. The number of nitrogens with zero attached hydrogens (tertiary/aromatic N) is 1. The van der Waals surface area contributed by atoms with Crippen molar-refractivity contribution in [1.29, 1.82) is 0 Å².